The first-order valence-corrected chi connectivity index (χ1v) is 4.86. The molecule has 0 heterocycles. The first-order valence-electron chi connectivity index (χ1n) is 4.86. The van der Waals surface area contributed by atoms with Crippen LogP contribution in [0.5, 0.6) is 0 Å². The zero-order valence-electron chi connectivity index (χ0n) is 8.88. The number of carboxylic acids is 1. The second-order valence-electron chi connectivity index (χ2n) is 3.31. The first kappa shape index (κ1) is 12.0. The third kappa shape index (κ3) is 3.96. The molecule has 16 heavy (non-hydrogen) atoms. The lowest BCUT2D eigenvalue weighted by Crippen LogP contribution is -2.37. The topological polar surface area (TPSA) is 66.4 Å². The van der Waals surface area contributed by atoms with E-state index in [0.717, 1.165) is 5.56 Å². The predicted molar refractivity (Wildman–Crippen MR) is 60.7 cm³/mol. The maximum Gasteiger partial charge on any atom is 0.325 e. The van der Waals surface area contributed by atoms with Gasteiger partial charge in [-0.15, -0.1) is 0 Å². The minimum atomic E-state index is -1.05. The van der Waals surface area contributed by atoms with E-state index in [1.165, 1.54) is 13.0 Å². The Bertz CT molecular complexity index is 398. The second-order valence-corrected chi connectivity index (χ2v) is 3.31. The summed E-state index contributed by atoms with van der Waals surface area (Å²) in [5.74, 6) is -1.47. The quantitative estimate of drug-likeness (QED) is 0.750. The Morgan fingerprint density at radius 3 is 2.50 bits per heavy atom. The summed E-state index contributed by atoms with van der Waals surface area (Å²) >= 11 is 0. The molecule has 0 unspecified atom stereocenters. The molecule has 2 N–H and O–H groups in total. The summed E-state index contributed by atoms with van der Waals surface area (Å²) in [7, 11) is 0. The minimum Gasteiger partial charge on any atom is -0.480 e. The van der Waals surface area contributed by atoms with Crippen LogP contribution in [-0.4, -0.2) is 23.0 Å². The number of carbonyl (C=O) groups excluding carboxylic acids is 1. The number of hydrogen-bond donors (Lipinski definition) is 2. The highest BCUT2D eigenvalue weighted by Crippen LogP contribution is 2.00. The molecule has 0 bridgehead atoms. The Hall–Kier alpha value is -2.10. The Kier molecular flexibility index (Phi) is 4.27. The van der Waals surface area contributed by atoms with Crippen LogP contribution in [0.15, 0.2) is 36.4 Å². The van der Waals surface area contributed by atoms with Crippen LogP contribution in [0.3, 0.4) is 0 Å². The van der Waals surface area contributed by atoms with Gasteiger partial charge in [-0.25, -0.2) is 0 Å². The average molecular weight is 219 g/mol. The zero-order chi connectivity index (χ0) is 12.0. The molecule has 1 amide bonds. The van der Waals surface area contributed by atoms with Crippen LogP contribution in [0.25, 0.3) is 6.08 Å². The first-order chi connectivity index (χ1) is 7.59. The van der Waals surface area contributed by atoms with Gasteiger partial charge in [-0.1, -0.05) is 30.3 Å². The van der Waals surface area contributed by atoms with E-state index in [1.807, 2.05) is 30.3 Å². The van der Waals surface area contributed by atoms with Crippen LogP contribution in [0.1, 0.15) is 12.5 Å². The van der Waals surface area contributed by atoms with Gasteiger partial charge in [-0.05, 0) is 18.6 Å². The molecular formula is C12H13NO3. The van der Waals surface area contributed by atoms with Crippen LogP contribution >= 0.6 is 0 Å². The van der Waals surface area contributed by atoms with Gasteiger partial charge in [-0.3, -0.25) is 9.59 Å². The molecule has 1 rings (SSSR count). The summed E-state index contributed by atoms with van der Waals surface area (Å²) in [6, 6.07) is 8.42. The standard InChI is InChI=1S/C12H13NO3/c1-9(12(15)16)13-11(14)8-7-10-5-3-2-4-6-10/h2-9H,1H3,(H,13,14)(H,15,16)/t9-/m1/s1. The summed E-state index contributed by atoms with van der Waals surface area (Å²) < 4.78 is 0. The molecule has 0 fully saturated rings. The van der Waals surface area contributed by atoms with Crippen molar-refractivity contribution in [2.45, 2.75) is 13.0 Å². The maximum atomic E-state index is 11.3. The molecule has 0 radical (unpaired) electrons. The number of rotatable bonds is 4. The van der Waals surface area contributed by atoms with Crippen molar-refractivity contribution >= 4 is 18.0 Å². The highest BCUT2D eigenvalue weighted by atomic mass is 16.4. The molecule has 0 aromatic heterocycles. The molecule has 0 aliphatic rings. The fourth-order valence-electron chi connectivity index (χ4n) is 1.06. The Labute approximate surface area is 93.6 Å². The van der Waals surface area contributed by atoms with Gasteiger partial charge >= 0.3 is 5.97 Å². The van der Waals surface area contributed by atoms with Crippen molar-refractivity contribution in [1.82, 2.24) is 5.32 Å². The fourth-order valence-corrected chi connectivity index (χ4v) is 1.06. The summed E-state index contributed by atoms with van der Waals surface area (Å²) in [6.45, 7) is 1.41. The molecule has 0 saturated carbocycles. The number of aliphatic carboxylic acids is 1. The smallest absolute Gasteiger partial charge is 0.325 e. The van der Waals surface area contributed by atoms with Gasteiger partial charge in [0.2, 0.25) is 5.91 Å². The van der Waals surface area contributed by atoms with Gasteiger partial charge in [-0.2, -0.15) is 0 Å². The molecule has 4 nitrogen and oxygen atoms in total. The Morgan fingerprint density at radius 2 is 1.94 bits per heavy atom. The largest absolute Gasteiger partial charge is 0.480 e. The number of carboxylic acid groups (broad SMARTS) is 1. The van der Waals surface area contributed by atoms with E-state index in [2.05, 4.69) is 5.32 Å². The average Bonchev–Trinajstić information content (AvgIpc) is 2.27. The highest BCUT2D eigenvalue weighted by molar-refractivity contribution is 5.94. The van der Waals surface area contributed by atoms with Crippen molar-refractivity contribution in [2.75, 3.05) is 0 Å². The van der Waals surface area contributed by atoms with Gasteiger partial charge in [0.15, 0.2) is 0 Å². The minimum absolute atomic E-state index is 0.418. The summed E-state index contributed by atoms with van der Waals surface area (Å²) in [6.07, 6.45) is 2.94. The summed E-state index contributed by atoms with van der Waals surface area (Å²) in [4.78, 5) is 21.7. The van der Waals surface area contributed by atoms with E-state index in [1.54, 1.807) is 6.08 Å². The van der Waals surface area contributed by atoms with Crippen molar-refractivity contribution in [3.05, 3.63) is 42.0 Å². The molecule has 0 saturated heterocycles. The molecule has 1 aromatic carbocycles. The lowest BCUT2D eigenvalue weighted by molar-refractivity contribution is -0.140. The maximum absolute atomic E-state index is 11.3. The van der Waals surface area contributed by atoms with E-state index in [4.69, 9.17) is 5.11 Å². The molecule has 0 spiro atoms. The van der Waals surface area contributed by atoms with Gasteiger partial charge in [0, 0.05) is 6.08 Å². The summed E-state index contributed by atoms with van der Waals surface area (Å²) in [5, 5.41) is 10.9. The van der Waals surface area contributed by atoms with E-state index >= 15 is 0 Å². The number of benzene rings is 1. The number of carbonyl (C=O) groups is 2. The third-order valence-electron chi connectivity index (χ3n) is 1.96. The van der Waals surface area contributed by atoms with Crippen molar-refractivity contribution in [3.63, 3.8) is 0 Å². The number of amides is 1. The van der Waals surface area contributed by atoms with Gasteiger partial charge in [0.25, 0.3) is 0 Å². The molecule has 1 aromatic rings. The van der Waals surface area contributed by atoms with Gasteiger partial charge in [0.1, 0.15) is 6.04 Å². The lowest BCUT2D eigenvalue weighted by Gasteiger charge is -2.05. The molecule has 4 heteroatoms. The predicted octanol–water partition coefficient (Wildman–Crippen LogP) is 1.29. The van der Waals surface area contributed by atoms with E-state index in [0.29, 0.717) is 0 Å². The third-order valence-corrected chi connectivity index (χ3v) is 1.96. The number of hydrogen-bond acceptors (Lipinski definition) is 2. The lowest BCUT2D eigenvalue weighted by atomic mass is 10.2. The van der Waals surface area contributed by atoms with Crippen LogP contribution in [0.2, 0.25) is 0 Å². The van der Waals surface area contributed by atoms with E-state index in [9.17, 15) is 9.59 Å². The van der Waals surface area contributed by atoms with Crippen molar-refractivity contribution in [3.8, 4) is 0 Å². The second kappa shape index (κ2) is 5.70. The van der Waals surface area contributed by atoms with E-state index in [-0.39, 0.29) is 0 Å². The number of nitrogens with one attached hydrogen (secondary N) is 1. The highest BCUT2D eigenvalue weighted by Gasteiger charge is 2.11. The Morgan fingerprint density at radius 1 is 1.31 bits per heavy atom. The zero-order valence-corrected chi connectivity index (χ0v) is 8.88. The van der Waals surface area contributed by atoms with Crippen LogP contribution in [-0.2, 0) is 9.59 Å². The van der Waals surface area contributed by atoms with Crippen LogP contribution in [0, 0.1) is 0 Å². The molecule has 0 aliphatic heterocycles. The van der Waals surface area contributed by atoms with Crippen molar-refractivity contribution < 1.29 is 14.7 Å². The Balaban J connectivity index is 2.52. The molecule has 0 aliphatic carbocycles. The van der Waals surface area contributed by atoms with Gasteiger partial charge < -0.3 is 10.4 Å². The van der Waals surface area contributed by atoms with E-state index < -0.39 is 17.9 Å². The summed E-state index contributed by atoms with van der Waals surface area (Å²) in [5.41, 5.74) is 0.889. The van der Waals surface area contributed by atoms with Crippen molar-refractivity contribution in [1.29, 1.82) is 0 Å². The van der Waals surface area contributed by atoms with Gasteiger partial charge in [0.05, 0.1) is 0 Å². The molecule has 1 atom stereocenters. The van der Waals surface area contributed by atoms with Crippen LogP contribution in [0.4, 0.5) is 0 Å². The normalized spacial score (nSPS) is 12.3. The monoisotopic (exact) mass is 219 g/mol. The SMILES string of the molecule is C[C@@H](NC(=O)C=Cc1ccccc1)C(=O)O. The molecular weight excluding hydrogens is 206 g/mol. The molecule has 84 valence electrons. The fraction of sp³-hybridized carbons (Fsp3) is 0.167. The van der Waals surface area contributed by atoms with Crippen LogP contribution < -0.4 is 5.32 Å². The van der Waals surface area contributed by atoms with Crippen molar-refractivity contribution in [2.24, 2.45) is 0 Å².